The standard InChI is InChI=1S/C14H18O6/c1-4-20-11(15)8-6-9-5-7-10(18-2)13(19-3)12(9)14(16)17/h5,7H,4,6,8H2,1-3H3,(H,16,17). The minimum Gasteiger partial charge on any atom is -0.493 e. The van der Waals surface area contributed by atoms with Gasteiger partial charge >= 0.3 is 11.9 Å². The van der Waals surface area contributed by atoms with Gasteiger partial charge in [0.25, 0.3) is 0 Å². The summed E-state index contributed by atoms with van der Waals surface area (Å²) in [5, 5.41) is 9.31. The van der Waals surface area contributed by atoms with Crippen molar-refractivity contribution in [3.63, 3.8) is 0 Å². The van der Waals surface area contributed by atoms with Gasteiger partial charge in [0.2, 0.25) is 0 Å². The Morgan fingerprint density at radius 2 is 1.90 bits per heavy atom. The van der Waals surface area contributed by atoms with Crippen molar-refractivity contribution >= 4 is 11.9 Å². The molecule has 0 atom stereocenters. The first-order valence-corrected chi connectivity index (χ1v) is 6.17. The maximum absolute atomic E-state index is 11.4. The molecular formula is C14H18O6. The van der Waals surface area contributed by atoms with Gasteiger partial charge in [-0.25, -0.2) is 4.79 Å². The molecule has 0 aliphatic rings. The molecule has 0 amide bonds. The zero-order valence-electron chi connectivity index (χ0n) is 11.8. The third-order valence-electron chi connectivity index (χ3n) is 2.75. The van der Waals surface area contributed by atoms with E-state index in [1.807, 2.05) is 0 Å². The van der Waals surface area contributed by atoms with E-state index in [0.29, 0.717) is 17.9 Å². The quantitative estimate of drug-likeness (QED) is 0.769. The van der Waals surface area contributed by atoms with Gasteiger partial charge in [-0.15, -0.1) is 0 Å². The maximum Gasteiger partial charge on any atom is 0.339 e. The summed E-state index contributed by atoms with van der Waals surface area (Å²) in [6, 6.07) is 3.23. The van der Waals surface area contributed by atoms with Gasteiger partial charge in [-0.2, -0.15) is 0 Å². The van der Waals surface area contributed by atoms with Crippen molar-refractivity contribution in [1.29, 1.82) is 0 Å². The maximum atomic E-state index is 11.4. The highest BCUT2D eigenvalue weighted by Gasteiger charge is 2.21. The van der Waals surface area contributed by atoms with Crippen molar-refractivity contribution in [1.82, 2.24) is 0 Å². The monoisotopic (exact) mass is 282 g/mol. The lowest BCUT2D eigenvalue weighted by Crippen LogP contribution is -2.10. The second kappa shape index (κ2) is 7.37. The van der Waals surface area contributed by atoms with Crippen molar-refractivity contribution < 1.29 is 28.9 Å². The predicted molar refractivity (Wildman–Crippen MR) is 71.5 cm³/mol. The van der Waals surface area contributed by atoms with Gasteiger partial charge in [-0.05, 0) is 25.0 Å². The van der Waals surface area contributed by atoms with E-state index in [0.717, 1.165) is 0 Å². The third kappa shape index (κ3) is 3.63. The van der Waals surface area contributed by atoms with Crippen molar-refractivity contribution in [2.75, 3.05) is 20.8 Å². The first-order chi connectivity index (χ1) is 9.54. The Balaban J connectivity index is 3.07. The molecule has 1 N–H and O–H groups in total. The number of hydrogen-bond donors (Lipinski definition) is 1. The molecule has 6 heteroatoms. The van der Waals surface area contributed by atoms with Crippen LogP contribution in [0, 0.1) is 0 Å². The van der Waals surface area contributed by atoms with Crippen molar-refractivity contribution in [2.24, 2.45) is 0 Å². The molecule has 0 bridgehead atoms. The van der Waals surface area contributed by atoms with Crippen LogP contribution in [-0.4, -0.2) is 37.9 Å². The predicted octanol–water partition coefficient (Wildman–Crippen LogP) is 1.90. The van der Waals surface area contributed by atoms with Crippen LogP contribution in [0.2, 0.25) is 0 Å². The fourth-order valence-corrected chi connectivity index (χ4v) is 1.88. The lowest BCUT2D eigenvalue weighted by Gasteiger charge is -2.14. The van der Waals surface area contributed by atoms with Crippen LogP contribution in [0.3, 0.4) is 0 Å². The lowest BCUT2D eigenvalue weighted by molar-refractivity contribution is -0.143. The summed E-state index contributed by atoms with van der Waals surface area (Å²) in [5.41, 5.74) is 0.513. The van der Waals surface area contributed by atoms with Crippen molar-refractivity contribution in [3.8, 4) is 11.5 Å². The molecule has 0 aliphatic heterocycles. The molecule has 6 nitrogen and oxygen atoms in total. The number of methoxy groups -OCH3 is 2. The topological polar surface area (TPSA) is 82.1 Å². The lowest BCUT2D eigenvalue weighted by atomic mass is 10.0. The number of benzene rings is 1. The van der Waals surface area contributed by atoms with Gasteiger partial charge < -0.3 is 19.3 Å². The summed E-state index contributed by atoms with van der Waals surface area (Å²) in [4.78, 5) is 22.7. The third-order valence-corrected chi connectivity index (χ3v) is 2.75. The summed E-state index contributed by atoms with van der Waals surface area (Å²) < 4.78 is 15.0. The first-order valence-electron chi connectivity index (χ1n) is 6.17. The van der Waals surface area contributed by atoms with E-state index >= 15 is 0 Å². The Morgan fingerprint density at radius 1 is 1.20 bits per heavy atom. The number of carbonyl (C=O) groups excluding carboxylic acids is 1. The molecule has 1 rings (SSSR count). The molecule has 1 aromatic carbocycles. The van der Waals surface area contributed by atoms with Crippen molar-refractivity contribution in [3.05, 3.63) is 23.3 Å². The Labute approximate surface area is 117 Å². The summed E-state index contributed by atoms with van der Waals surface area (Å²) in [6.07, 6.45) is 0.379. The average Bonchev–Trinajstić information content (AvgIpc) is 2.43. The minimum absolute atomic E-state index is 0.0103. The number of carbonyl (C=O) groups is 2. The van der Waals surface area contributed by atoms with Crippen LogP contribution >= 0.6 is 0 Å². The number of esters is 1. The first kappa shape index (κ1) is 15.8. The van der Waals surface area contributed by atoms with Crippen molar-refractivity contribution in [2.45, 2.75) is 19.8 Å². The number of rotatable bonds is 7. The van der Waals surface area contributed by atoms with Crippen LogP contribution in [0.5, 0.6) is 11.5 Å². The molecule has 0 saturated heterocycles. The molecule has 110 valence electrons. The molecule has 0 radical (unpaired) electrons. The molecule has 0 heterocycles. The summed E-state index contributed by atoms with van der Waals surface area (Å²) >= 11 is 0. The van der Waals surface area contributed by atoms with E-state index in [4.69, 9.17) is 14.2 Å². The van der Waals surface area contributed by atoms with Crippen LogP contribution in [0.4, 0.5) is 0 Å². The van der Waals surface area contributed by atoms with E-state index in [1.165, 1.54) is 14.2 Å². The molecule has 0 spiro atoms. The number of hydrogen-bond acceptors (Lipinski definition) is 5. The normalized spacial score (nSPS) is 9.95. The number of carboxylic acids is 1. The largest absolute Gasteiger partial charge is 0.493 e. The fourth-order valence-electron chi connectivity index (χ4n) is 1.88. The average molecular weight is 282 g/mol. The Kier molecular flexibility index (Phi) is 5.83. The van der Waals surface area contributed by atoms with E-state index in [1.54, 1.807) is 19.1 Å². The van der Waals surface area contributed by atoms with Gasteiger partial charge in [-0.3, -0.25) is 4.79 Å². The van der Waals surface area contributed by atoms with Gasteiger partial charge in [0.1, 0.15) is 5.56 Å². The van der Waals surface area contributed by atoms with Crippen LogP contribution in [0.15, 0.2) is 12.1 Å². The van der Waals surface area contributed by atoms with E-state index in [9.17, 15) is 14.7 Å². The molecule has 0 fully saturated rings. The zero-order chi connectivity index (χ0) is 15.1. The van der Waals surface area contributed by atoms with E-state index < -0.39 is 5.97 Å². The molecule has 1 aromatic rings. The molecule has 20 heavy (non-hydrogen) atoms. The number of aryl methyl sites for hydroxylation is 1. The number of aromatic carboxylic acids is 1. The highest BCUT2D eigenvalue weighted by atomic mass is 16.5. The van der Waals surface area contributed by atoms with Gasteiger partial charge in [-0.1, -0.05) is 6.07 Å². The van der Waals surface area contributed by atoms with Crippen LogP contribution in [0.25, 0.3) is 0 Å². The second-order valence-corrected chi connectivity index (χ2v) is 3.95. The zero-order valence-corrected chi connectivity index (χ0v) is 11.8. The smallest absolute Gasteiger partial charge is 0.339 e. The highest BCUT2D eigenvalue weighted by Crippen LogP contribution is 2.34. The number of ether oxygens (including phenoxy) is 3. The molecule has 0 unspecified atom stereocenters. The molecular weight excluding hydrogens is 264 g/mol. The molecule has 0 saturated carbocycles. The summed E-state index contributed by atoms with van der Waals surface area (Å²) in [6.45, 7) is 2.02. The minimum atomic E-state index is -1.13. The number of carboxylic acid groups (broad SMARTS) is 1. The van der Waals surface area contributed by atoms with Crippen LogP contribution < -0.4 is 9.47 Å². The van der Waals surface area contributed by atoms with Crippen LogP contribution in [-0.2, 0) is 16.0 Å². The Bertz CT molecular complexity index is 495. The van der Waals surface area contributed by atoms with Gasteiger partial charge in [0.05, 0.1) is 20.8 Å². The fraction of sp³-hybridized carbons (Fsp3) is 0.429. The van der Waals surface area contributed by atoms with Gasteiger partial charge in [0, 0.05) is 6.42 Å². The molecule has 0 aliphatic carbocycles. The van der Waals surface area contributed by atoms with Crippen LogP contribution in [0.1, 0.15) is 29.3 Å². The molecule has 0 aromatic heterocycles. The Morgan fingerprint density at radius 3 is 2.40 bits per heavy atom. The van der Waals surface area contributed by atoms with E-state index in [-0.39, 0.29) is 30.1 Å². The van der Waals surface area contributed by atoms with Gasteiger partial charge in [0.15, 0.2) is 11.5 Å². The summed E-state index contributed by atoms with van der Waals surface area (Å²) in [7, 11) is 2.81. The Hall–Kier alpha value is -2.24. The van der Waals surface area contributed by atoms with E-state index in [2.05, 4.69) is 0 Å². The highest BCUT2D eigenvalue weighted by molar-refractivity contribution is 5.94. The SMILES string of the molecule is CCOC(=O)CCc1ccc(OC)c(OC)c1C(=O)O. The second-order valence-electron chi connectivity index (χ2n) is 3.95. The summed E-state index contributed by atoms with van der Waals surface area (Å²) in [5.74, 6) is -0.996.